The molecule has 1 aliphatic rings. The molecule has 0 spiro atoms. The van der Waals surface area contributed by atoms with Gasteiger partial charge in [0.05, 0.1) is 6.54 Å². The van der Waals surface area contributed by atoms with Crippen LogP contribution in [0.5, 0.6) is 0 Å². The number of unbranched alkanes of at least 4 members (excludes halogenated alkanes) is 1. The summed E-state index contributed by atoms with van der Waals surface area (Å²) in [7, 11) is 0. The lowest BCUT2D eigenvalue weighted by Gasteiger charge is -2.23. The number of halogens is 1. The van der Waals surface area contributed by atoms with Crippen LogP contribution in [0, 0.1) is 5.41 Å². The molecule has 1 rings (SSSR count). The van der Waals surface area contributed by atoms with E-state index in [0.717, 1.165) is 44.7 Å². The van der Waals surface area contributed by atoms with Crippen molar-refractivity contribution < 1.29 is 0 Å². The van der Waals surface area contributed by atoms with Gasteiger partial charge in [0.15, 0.2) is 0 Å². The number of aliphatic imine (C=N–C) groups is 1. The van der Waals surface area contributed by atoms with Crippen molar-refractivity contribution in [3.63, 3.8) is 0 Å². The SMILES string of the molecule is CCCCC(=N)/N=C1/CN(I)CCN1. The Morgan fingerprint density at radius 3 is 3.14 bits per heavy atom. The van der Waals surface area contributed by atoms with E-state index in [9.17, 15) is 0 Å². The summed E-state index contributed by atoms with van der Waals surface area (Å²) in [6.07, 6.45) is 2.98. The van der Waals surface area contributed by atoms with Gasteiger partial charge < -0.3 is 5.32 Å². The Balaban J connectivity index is 2.37. The van der Waals surface area contributed by atoms with E-state index in [4.69, 9.17) is 5.41 Å². The Morgan fingerprint density at radius 1 is 1.71 bits per heavy atom. The van der Waals surface area contributed by atoms with E-state index in [-0.39, 0.29) is 0 Å². The molecule has 1 fully saturated rings. The molecule has 5 heteroatoms. The molecule has 0 unspecified atom stereocenters. The Morgan fingerprint density at radius 2 is 2.50 bits per heavy atom. The van der Waals surface area contributed by atoms with Crippen molar-refractivity contribution in [1.29, 1.82) is 5.41 Å². The zero-order valence-corrected chi connectivity index (χ0v) is 10.7. The standard InChI is InChI=1S/C9H17IN4/c1-2-3-4-8(11)13-9-7-14(10)6-5-12-9/h2-7H2,1H3,(H2,11,12,13). The third-order valence-electron chi connectivity index (χ3n) is 2.04. The minimum Gasteiger partial charge on any atom is -0.371 e. The largest absolute Gasteiger partial charge is 0.371 e. The molecule has 80 valence electrons. The highest BCUT2D eigenvalue weighted by molar-refractivity contribution is 14.1. The number of rotatable bonds is 3. The first-order chi connectivity index (χ1) is 6.72. The molecule has 0 aromatic rings. The van der Waals surface area contributed by atoms with Crippen molar-refractivity contribution >= 4 is 34.5 Å². The van der Waals surface area contributed by atoms with E-state index in [1.54, 1.807) is 0 Å². The van der Waals surface area contributed by atoms with Crippen molar-refractivity contribution in [2.75, 3.05) is 19.6 Å². The Labute approximate surface area is 99.2 Å². The third-order valence-corrected chi connectivity index (χ3v) is 2.87. The van der Waals surface area contributed by atoms with Gasteiger partial charge in [0, 0.05) is 42.4 Å². The zero-order valence-electron chi connectivity index (χ0n) is 8.52. The lowest BCUT2D eigenvalue weighted by atomic mass is 10.2. The predicted octanol–water partition coefficient (Wildman–Crippen LogP) is 1.81. The van der Waals surface area contributed by atoms with E-state index in [2.05, 4.69) is 43.2 Å². The van der Waals surface area contributed by atoms with Gasteiger partial charge in [0.25, 0.3) is 0 Å². The van der Waals surface area contributed by atoms with E-state index in [1.807, 2.05) is 0 Å². The van der Waals surface area contributed by atoms with E-state index in [1.165, 1.54) is 0 Å². The maximum Gasteiger partial charge on any atom is 0.122 e. The van der Waals surface area contributed by atoms with E-state index >= 15 is 0 Å². The molecule has 1 aliphatic heterocycles. The molecule has 0 aromatic carbocycles. The van der Waals surface area contributed by atoms with Gasteiger partial charge in [-0.1, -0.05) is 13.3 Å². The summed E-state index contributed by atoms with van der Waals surface area (Å²) in [6.45, 7) is 4.94. The molecule has 4 nitrogen and oxygen atoms in total. The lowest BCUT2D eigenvalue weighted by Crippen LogP contribution is -2.43. The number of nitrogens with zero attached hydrogens (tertiary/aromatic N) is 2. The van der Waals surface area contributed by atoms with Gasteiger partial charge in [-0.25, -0.2) is 8.11 Å². The highest BCUT2D eigenvalue weighted by Gasteiger charge is 2.11. The van der Waals surface area contributed by atoms with Crippen LogP contribution < -0.4 is 5.32 Å². The monoisotopic (exact) mass is 308 g/mol. The van der Waals surface area contributed by atoms with Crippen molar-refractivity contribution in [2.24, 2.45) is 4.99 Å². The Bertz CT molecular complexity index is 227. The molecule has 0 bridgehead atoms. The lowest BCUT2D eigenvalue weighted by molar-refractivity contribution is 0.528. The fourth-order valence-corrected chi connectivity index (χ4v) is 1.82. The average molecular weight is 308 g/mol. The highest BCUT2D eigenvalue weighted by Crippen LogP contribution is 2.03. The summed E-state index contributed by atoms with van der Waals surface area (Å²) in [5.41, 5.74) is 0. The smallest absolute Gasteiger partial charge is 0.122 e. The zero-order chi connectivity index (χ0) is 10.4. The van der Waals surface area contributed by atoms with Crippen LogP contribution in [-0.4, -0.2) is 34.4 Å². The molecular formula is C9H17IN4. The molecule has 0 atom stereocenters. The molecule has 0 aliphatic carbocycles. The first kappa shape index (κ1) is 11.9. The van der Waals surface area contributed by atoms with Crippen LogP contribution in [0.4, 0.5) is 0 Å². The molecule has 1 saturated heterocycles. The van der Waals surface area contributed by atoms with Gasteiger partial charge in [-0.05, 0) is 6.42 Å². The molecule has 2 N–H and O–H groups in total. The predicted molar refractivity (Wildman–Crippen MR) is 68.3 cm³/mol. The summed E-state index contributed by atoms with van der Waals surface area (Å²) < 4.78 is 2.18. The van der Waals surface area contributed by atoms with Crippen LogP contribution >= 0.6 is 22.9 Å². The minimum atomic E-state index is 0.501. The third kappa shape index (κ3) is 4.36. The van der Waals surface area contributed by atoms with E-state index < -0.39 is 0 Å². The summed E-state index contributed by atoms with van der Waals surface area (Å²) in [5, 5.41) is 10.9. The summed E-state index contributed by atoms with van der Waals surface area (Å²) in [6, 6.07) is 0. The van der Waals surface area contributed by atoms with Crippen LogP contribution in [0.1, 0.15) is 26.2 Å². The van der Waals surface area contributed by atoms with Gasteiger partial charge in [-0.3, -0.25) is 5.41 Å². The van der Waals surface area contributed by atoms with Crippen LogP contribution in [0.25, 0.3) is 0 Å². The van der Waals surface area contributed by atoms with Gasteiger partial charge in [-0.2, -0.15) is 0 Å². The summed E-state index contributed by atoms with van der Waals surface area (Å²) in [4.78, 5) is 4.27. The second-order valence-electron chi connectivity index (χ2n) is 3.38. The van der Waals surface area contributed by atoms with Crippen molar-refractivity contribution in [2.45, 2.75) is 26.2 Å². The first-order valence-corrected chi connectivity index (χ1v) is 5.98. The normalized spacial score (nSPS) is 20.9. The number of piperazine rings is 1. The van der Waals surface area contributed by atoms with Gasteiger partial charge >= 0.3 is 0 Å². The quantitative estimate of drug-likeness (QED) is 0.362. The summed E-state index contributed by atoms with van der Waals surface area (Å²) in [5.74, 6) is 1.44. The molecule has 0 amide bonds. The maximum atomic E-state index is 7.65. The van der Waals surface area contributed by atoms with Crippen LogP contribution in [0.2, 0.25) is 0 Å². The Hall–Kier alpha value is -0.170. The number of nitrogens with one attached hydrogen (secondary N) is 2. The van der Waals surface area contributed by atoms with Crippen LogP contribution in [0.15, 0.2) is 4.99 Å². The number of amidine groups is 2. The second-order valence-corrected chi connectivity index (χ2v) is 4.74. The van der Waals surface area contributed by atoms with Crippen molar-refractivity contribution in [3.05, 3.63) is 0 Å². The molecule has 0 saturated carbocycles. The fourth-order valence-electron chi connectivity index (χ4n) is 1.26. The highest BCUT2D eigenvalue weighted by atomic mass is 127. The molecule has 0 radical (unpaired) electrons. The van der Waals surface area contributed by atoms with Gasteiger partial charge in [-0.15, -0.1) is 0 Å². The topological polar surface area (TPSA) is 51.5 Å². The molecule has 0 aromatic heterocycles. The number of hydrogen-bond acceptors (Lipinski definition) is 2. The van der Waals surface area contributed by atoms with Crippen LogP contribution in [-0.2, 0) is 0 Å². The Kier molecular flexibility index (Phi) is 5.39. The first-order valence-electron chi connectivity index (χ1n) is 5.02. The van der Waals surface area contributed by atoms with Crippen molar-refractivity contribution in [1.82, 2.24) is 8.43 Å². The molecule has 1 heterocycles. The van der Waals surface area contributed by atoms with Crippen molar-refractivity contribution in [3.8, 4) is 0 Å². The summed E-state index contributed by atoms with van der Waals surface area (Å²) >= 11 is 2.29. The molecular weight excluding hydrogens is 291 g/mol. The van der Waals surface area contributed by atoms with Crippen LogP contribution in [0.3, 0.4) is 0 Å². The van der Waals surface area contributed by atoms with Gasteiger partial charge in [0.2, 0.25) is 0 Å². The molecule has 14 heavy (non-hydrogen) atoms. The van der Waals surface area contributed by atoms with Gasteiger partial charge in [0.1, 0.15) is 11.7 Å². The van der Waals surface area contributed by atoms with E-state index in [0.29, 0.717) is 5.84 Å². The maximum absolute atomic E-state index is 7.65. The fraction of sp³-hybridized carbons (Fsp3) is 0.778. The number of hydrogen-bond donors (Lipinski definition) is 2. The minimum absolute atomic E-state index is 0.501. The second kappa shape index (κ2) is 6.34. The average Bonchev–Trinajstić information content (AvgIpc) is 2.15.